The molecule has 310 valence electrons. The highest BCUT2D eigenvalue weighted by molar-refractivity contribution is 6.07. The van der Waals surface area contributed by atoms with Gasteiger partial charge in [0.05, 0.1) is 11.4 Å². The van der Waals surface area contributed by atoms with Crippen molar-refractivity contribution in [3.05, 3.63) is 267 Å². The molecule has 0 N–H and O–H groups in total. The molecule has 0 spiro atoms. The molecule has 2 nitrogen and oxygen atoms in total. The van der Waals surface area contributed by atoms with Gasteiger partial charge in [0, 0.05) is 16.7 Å². The predicted molar refractivity (Wildman–Crippen MR) is 276 cm³/mol. The van der Waals surface area contributed by atoms with Crippen LogP contribution < -0.4 is 0 Å². The topological polar surface area (TPSA) is 25.8 Å². The summed E-state index contributed by atoms with van der Waals surface area (Å²) in [5, 5.41) is 0. The lowest BCUT2D eigenvalue weighted by Crippen LogP contribution is -1.98. The van der Waals surface area contributed by atoms with Crippen LogP contribution in [0.15, 0.2) is 267 Å². The summed E-state index contributed by atoms with van der Waals surface area (Å²) in [5.74, 6) is 0.697. The molecule has 0 unspecified atom stereocenters. The van der Waals surface area contributed by atoms with Crippen LogP contribution in [0.1, 0.15) is 0 Å². The maximum absolute atomic E-state index is 5.10. The SMILES string of the molecule is c1ccc(-c2cc(-c3ccccc3)nc(-c3cccc(-c4ccc(-c5cccc(-c6cc(-c7ccccc7)c(-c7ccccc7)c(-c7ccccc7)c6-c6ccccc6)c5)cc4)c3)n2)cc1. The number of rotatable bonds is 10. The first-order chi connectivity index (χ1) is 32.7. The second-order valence-corrected chi connectivity index (χ2v) is 16.5. The van der Waals surface area contributed by atoms with Crippen LogP contribution >= 0.6 is 0 Å². The molecule has 1 heterocycles. The van der Waals surface area contributed by atoms with E-state index in [9.17, 15) is 0 Å². The summed E-state index contributed by atoms with van der Waals surface area (Å²) >= 11 is 0. The lowest BCUT2D eigenvalue weighted by molar-refractivity contribution is 1.18. The first kappa shape index (κ1) is 40.1. The maximum atomic E-state index is 5.10. The molecule has 0 aliphatic carbocycles. The van der Waals surface area contributed by atoms with Crippen LogP contribution in [0.25, 0.3) is 112 Å². The molecule has 0 saturated heterocycles. The predicted octanol–water partition coefficient (Wildman–Crippen LogP) is 17.1. The van der Waals surface area contributed by atoms with Crippen molar-refractivity contribution in [3.8, 4) is 112 Å². The van der Waals surface area contributed by atoms with Crippen molar-refractivity contribution in [2.45, 2.75) is 0 Å². The van der Waals surface area contributed by atoms with Crippen molar-refractivity contribution in [1.82, 2.24) is 9.97 Å². The van der Waals surface area contributed by atoms with Crippen molar-refractivity contribution >= 4 is 0 Å². The van der Waals surface area contributed by atoms with E-state index >= 15 is 0 Å². The molecule has 1 aromatic heterocycles. The smallest absolute Gasteiger partial charge is 0.160 e. The zero-order valence-electron chi connectivity index (χ0n) is 36.3. The van der Waals surface area contributed by atoms with Gasteiger partial charge in [0.15, 0.2) is 5.82 Å². The normalized spacial score (nSPS) is 11.0. The summed E-state index contributed by atoms with van der Waals surface area (Å²) in [6.45, 7) is 0. The molecule has 0 aliphatic rings. The molecule has 11 aromatic rings. The van der Waals surface area contributed by atoms with Gasteiger partial charge in [-0.05, 0) is 102 Å². The molecule has 0 fully saturated rings. The summed E-state index contributed by atoms with van der Waals surface area (Å²) in [6, 6.07) is 95.1. The van der Waals surface area contributed by atoms with Crippen LogP contribution in [-0.2, 0) is 0 Å². The Morgan fingerprint density at radius 3 is 0.939 bits per heavy atom. The van der Waals surface area contributed by atoms with Gasteiger partial charge in [0.25, 0.3) is 0 Å². The van der Waals surface area contributed by atoms with Gasteiger partial charge in [0.1, 0.15) is 0 Å². The molecule has 0 aliphatic heterocycles. The number of nitrogens with zero attached hydrogens (tertiary/aromatic N) is 2. The summed E-state index contributed by atoms with van der Waals surface area (Å²) < 4.78 is 0. The van der Waals surface area contributed by atoms with Gasteiger partial charge in [-0.2, -0.15) is 0 Å². The number of aromatic nitrogens is 2. The lowest BCUT2D eigenvalue weighted by Gasteiger charge is -2.24. The van der Waals surface area contributed by atoms with E-state index in [1.165, 1.54) is 50.1 Å². The van der Waals surface area contributed by atoms with Crippen molar-refractivity contribution in [2.24, 2.45) is 0 Å². The fraction of sp³-hybridized carbons (Fsp3) is 0. The quantitative estimate of drug-likeness (QED) is 0.137. The first-order valence-corrected chi connectivity index (χ1v) is 22.5. The van der Waals surface area contributed by atoms with Crippen LogP contribution in [-0.4, -0.2) is 9.97 Å². The monoisotopic (exact) mass is 840 g/mol. The van der Waals surface area contributed by atoms with E-state index in [2.05, 4.69) is 255 Å². The summed E-state index contributed by atoms with van der Waals surface area (Å²) in [5.41, 5.74) is 21.3. The highest BCUT2D eigenvalue weighted by Gasteiger charge is 2.24. The summed E-state index contributed by atoms with van der Waals surface area (Å²) in [6.07, 6.45) is 0. The Kier molecular flexibility index (Phi) is 11.0. The third kappa shape index (κ3) is 8.16. The van der Waals surface area contributed by atoms with E-state index in [1.807, 2.05) is 12.1 Å². The van der Waals surface area contributed by atoms with Crippen molar-refractivity contribution in [2.75, 3.05) is 0 Å². The molecular formula is C64H44N2. The molecule has 0 saturated carbocycles. The molecule has 0 atom stereocenters. The Morgan fingerprint density at radius 1 is 0.182 bits per heavy atom. The molecular weight excluding hydrogens is 797 g/mol. The molecule has 0 radical (unpaired) electrons. The molecule has 0 amide bonds. The summed E-state index contributed by atoms with van der Waals surface area (Å²) in [7, 11) is 0. The fourth-order valence-corrected chi connectivity index (χ4v) is 9.11. The largest absolute Gasteiger partial charge is 0.228 e. The van der Waals surface area contributed by atoms with Crippen LogP contribution in [0.3, 0.4) is 0 Å². The average molecular weight is 841 g/mol. The van der Waals surface area contributed by atoms with E-state index in [-0.39, 0.29) is 0 Å². The van der Waals surface area contributed by atoms with Gasteiger partial charge in [0.2, 0.25) is 0 Å². The van der Waals surface area contributed by atoms with Gasteiger partial charge >= 0.3 is 0 Å². The van der Waals surface area contributed by atoms with E-state index in [1.54, 1.807) is 0 Å². The van der Waals surface area contributed by atoms with Crippen LogP contribution in [0.4, 0.5) is 0 Å². The zero-order valence-corrected chi connectivity index (χ0v) is 36.3. The van der Waals surface area contributed by atoms with Gasteiger partial charge in [-0.25, -0.2) is 9.97 Å². The number of hydrogen-bond acceptors (Lipinski definition) is 2. The molecule has 2 heteroatoms. The maximum Gasteiger partial charge on any atom is 0.160 e. The highest BCUT2D eigenvalue weighted by atomic mass is 14.9. The lowest BCUT2D eigenvalue weighted by atomic mass is 9.78. The first-order valence-electron chi connectivity index (χ1n) is 22.5. The van der Waals surface area contributed by atoms with Gasteiger partial charge in [-0.3, -0.25) is 0 Å². The summed E-state index contributed by atoms with van der Waals surface area (Å²) in [4.78, 5) is 10.2. The minimum absolute atomic E-state index is 0.697. The molecule has 11 rings (SSSR count). The van der Waals surface area contributed by atoms with E-state index < -0.39 is 0 Å². The minimum Gasteiger partial charge on any atom is -0.228 e. The third-order valence-electron chi connectivity index (χ3n) is 12.3. The zero-order chi connectivity index (χ0) is 44.1. The Bertz CT molecular complexity index is 3350. The fourth-order valence-electron chi connectivity index (χ4n) is 9.11. The molecule has 66 heavy (non-hydrogen) atoms. The Balaban J connectivity index is 1.01. The van der Waals surface area contributed by atoms with Crippen molar-refractivity contribution < 1.29 is 0 Å². The van der Waals surface area contributed by atoms with Crippen molar-refractivity contribution in [1.29, 1.82) is 0 Å². The Morgan fingerprint density at radius 2 is 0.500 bits per heavy atom. The molecule has 10 aromatic carbocycles. The number of hydrogen-bond donors (Lipinski definition) is 0. The molecule has 0 bridgehead atoms. The van der Waals surface area contributed by atoms with Crippen molar-refractivity contribution in [3.63, 3.8) is 0 Å². The van der Waals surface area contributed by atoms with E-state index in [0.29, 0.717) is 5.82 Å². The standard InChI is InChI=1S/C64H44N2/c1-7-21-47(22-8-1)57-43-58(62(51-29-15-5-16-30-51)63(52-31-17-6-18-32-52)61(57)50-27-13-4-14-28-50)55-35-19-33-53(41-55)45-37-39-46(40-38-45)54-34-20-36-56(42-54)64-65-59(48-23-9-2-10-24-48)44-60(66-64)49-25-11-3-12-26-49/h1-44H. The van der Waals surface area contributed by atoms with Crippen LogP contribution in [0, 0.1) is 0 Å². The second kappa shape index (κ2) is 18.2. The third-order valence-corrected chi connectivity index (χ3v) is 12.3. The minimum atomic E-state index is 0.697. The second-order valence-electron chi connectivity index (χ2n) is 16.5. The van der Waals surface area contributed by atoms with Gasteiger partial charge in [-0.1, -0.05) is 243 Å². The highest BCUT2D eigenvalue weighted by Crippen LogP contribution is 2.50. The Hall–Kier alpha value is -8.72. The van der Waals surface area contributed by atoms with Gasteiger partial charge < -0.3 is 0 Å². The van der Waals surface area contributed by atoms with Gasteiger partial charge in [-0.15, -0.1) is 0 Å². The average Bonchev–Trinajstić information content (AvgIpc) is 3.41. The Labute approximate surface area is 386 Å². The number of benzene rings is 10. The van der Waals surface area contributed by atoms with Crippen LogP contribution in [0.2, 0.25) is 0 Å². The van der Waals surface area contributed by atoms with E-state index in [0.717, 1.165) is 55.9 Å². The van der Waals surface area contributed by atoms with Crippen LogP contribution in [0.5, 0.6) is 0 Å². The van der Waals surface area contributed by atoms with E-state index in [4.69, 9.17) is 9.97 Å².